The average molecular weight is 471 g/mol. The van der Waals surface area contributed by atoms with Crippen LogP contribution in [0.2, 0.25) is 5.02 Å². The van der Waals surface area contributed by atoms with Crippen molar-refractivity contribution in [2.45, 2.75) is 27.3 Å². The van der Waals surface area contributed by atoms with E-state index >= 15 is 0 Å². The molecule has 2 aromatic carbocycles. The first-order chi connectivity index (χ1) is 16.4. The van der Waals surface area contributed by atoms with Crippen molar-refractivity contribution in [1.82, 2.24) is 24.4 Å². The van der Waals surface area contributed by atoms with Crippen LogP contribution in [-0.4, -0.2) is 30.3 Å². The van der Waals surface area contributed by atoms with E-state index in [-0.39, 0.29) is 5.91 Å². The van der Waals surface area contributed by atoms with Crippen molar-refractivity contribution in [1.29, 1.82) is 0 Å². The lowest BCUT2D eigenvalue weighted by molar-refractivity contribution is 0.102. The molecule has 0 unspecified atom stereocenters. The van der Waals surface area contributed by atoms with Gasteiger partial charge in [0, 0.05) is 16.8 Å². The molecule has 3 heterocycles. The highest BCUT2D eigenvalue weighted by Crippen LogP contribution is 2.24. The molecule has 0 saturated heterocycles. The maximum Gasteiger partial charge on any atom is 0.261 e. The summed E-state index contributed by atoms with van der Waals surface area (Å²) in [6, 6.07) is 17.7. The summed E-state index contributed by atoms with van der Waals surface area (Å²) in [5, 5.41) is 12.8. The third-order valence-corrected chi connectivity index (χ3v) is 6.11. The second-order valence-electron chi connectivity index (χ2n) is 8.27. The molecule has 5 rings (SSSR count). The number of nitrogens with one attached hydrogen (secondary N) is 1. The SMILES string of the molecule is Cc1ccc(-c2ccnc3c(C(=O)Nc4c(C)nn(Cc5ccc(Cl)cc5)c4C)cnn23)cc1. The number of carbonyl (C=O) groups excluding carboxylic acids is 1. The summed E-state index contributed by atoms with van der Waals surface area (Å²) in [6.45, 7) is 6.45. The third-order valence-electron chi connectivity index (χ3n) is 5.86. The number of hydrogen-bond acceptors (Lipinski definition) is 4. The fourth-order valence-corrected chi connectivity index (χ4v) is 4.10. The first-order valence-electron chi connectivity index (χ1n) is 10.9. The van der Waals surface area contributed by atoms with Crippen LogP contribution >= 0.6 is 11.6 Å². The summed E-state index contributed by atoms with van der Waals surface area (Å²) in [5.74, 6) is -0.277. The van der Waals surface area contributed by atoms with Crippen LogP contribution in [0.5, 0.6) is 0 Å². The van der Waals surface area contributed by atoms with E-state index < -0.39 is 0 Å². The Hall–Kier alpha value is -3.97. The third kappa shape index (κ3) is 4.06. The molecule has 8 heteroatoms. The van der Waals surface area contributed by atoms with Gasteiger partial charge in [-0.1, -0.05) is 53.6 Å². The molecule has 0 spiro atoms. The van der Waals surface area contributed by atoms with Crippen LogP contribution in [0.15, 0.2) is 67.0 Å². The van der Waals surface area contributed by atoms with Gasteiger partial charge in [0.15, 0.2) is 5.65 Å². The van der Waals surface area contributed by atoms with Gasteiger partial charge in [-0.25, -0.2) is 9.50 Å². The van der Waals surface area contributed by atoms with Crippen molar-refractivity contribution in [2.24, 2.45) is 0 Å². The number of halogens is 1. The summed E-state index contributed by atoms with van der Waals surface area (Å²) in [6.07, 6.45) is 3.25. The van der Waals surface area contributed by atoms with Gasteiger partial charge < -0.3 is 5.32 Å². The highest BCUT2D eigenvalue weighted by molar-refractivity contribution is 6.30. The molecule has 170 valence electrons. The number of nitrogens with zero attached hydrogens (tertiary/aromatic N) is 5. The fourth-order valence-electron chi connectivity index (χ4n) is 3.97. The van der Waals surface area contributed by atoms with Crippen molar-refractivity contribution >= 4 is 28.8 Å². The maximum absolute atomic E-state index is 13.2. The number of anilines is 1. The zero-order chi connectivity index (χ0) is 23.8. The van der Waals surface area contributed by atoms with Crippen molar-refractivity contribution in [2.75, 3.05) is 5.32 Å². The minimum Gasteiger partial charge on any atom is -0.319 e. The number of carbonyl (C=O) groups is 1. The molecule has 0 bridgehead atoms. The Morgan fingerprint density at radius 1 is 1.00 bits per heavy atom. The summed E-state index contributed by atoms with van der Waals surface area (Å²) >= 11 is 5.99. The van der Waals surface area contributed by atoms with Crippen molar-refractivity contribution in [3.8, 4) is 11.3 Å². The van der Waals surface area contributed by atoms with Gasteiger partial charge >= 0.3 is 0 Å². The second kappa shape index (κ2) is 8.76. The first kappa shape index (κ1) is 21.9. The molecule has 1 amide bonds. The van der Waals surface area contributed by atoms with Crippen LogP contribution < -0.4 is 5.32 Å². The molecule has 1 N–H and O–H groups in total. The summed E-state index contributed by atoms with van der Waals surface area (Å²) < 4.78 is 3.57. The molecule has 7 nitrogen and oxygen atoms in total. The number of aromatic nitrogens is 5. The molecule has 0 aliphatic rings. The molecule has 0 aliphatic carbocycles. The minimum absolute atomic E-state index is 0.277. The van der Waals surface area contributed by atoms with Crippen LogP contribution in [0, 0.1) is 20.8 Å². The Morgan fingerprint density at radius 2 is 1.74 bits per heavy atom. The van der Waals surface area contributed by atoms with E-state index in [0.717, 1.165) is 28.2 Å². The molecule has 0 aliphatic heterocycles. The fraction of sp³-hybridized carbons (Fsp3) is 0.154. The van der Waals surface area contributed by atoms with Crippen molar-refractivity contribution in [3.05, 3.63) is 100 Å². The molecule has 3 aromatic heterocycles. The van der Waals surface area contributed by atoms with Gasteiger partial charge in [-0.3, -0.25) is 9.48 Å². The van der Waals surface area contributed by atoms with Crippen molar-refractivity contribution in [3.63, 3.8) is 0 Å². The molecule has 34 heavy (non-hydrogen) atoms. The molecule has 5 aromatic rings. The van der Waals surface area contributed by atoms with Crippen LogP contribution in [-0.2, 0) is 6.54 Å². The van der Waals surface area contributed by atoms with Gasteiger partial charge in [0.05, 0.1) is 35.5 Å². The molecule has 0 atom stereocenters. The minimum atomic E-state index is -0.277. The van der Waals surface area contributed by atoms with E-state index in [1.165, 1.54) is 5.56 Å². The summed E-state index contributed by atoms with van der Waals surface area (Å²) in [4.78, 5) is 17.7. The van der Waals surface area contributed by atoms with Crippen LogP contribution in [0.3, 0.4) is 0 Å². The Morgan fingerprint density at radius 3 is 2.47 bits per heavy atom. The molecule has 0 saturated carbocycles. The maximum atomic E-state index is 13.2. The normalized spacial score (nSPS) is 11.2. The van der Waals surface area contributed by atoms with Crippen molar-refractivity contribution < 1.29 is 4.79 Å². The lowest BCUT2D eigenvalue weighted by Gasteiger charge is -2.08. The molecular weight excluding hydrogens is 448 g/mol. The van der Waals surface area contributed by atoms with Gasteiger partial charge in [0.25, 0.3) is 5.91 Å². The number of fused-ring (bicyclic) bond motifs is 1. The summed E-state index contributed by atoms with van der Waals surface area (Å²) in [7, 11) is 0. The van der Waals surface area contributed by atoms with Crippen LogP contribution in [0.1, 0.15) is 32.9 Å². The first-order valence-corrected chi connectivity index (χ1v) is 11.3. The van der Waals surface area contributed by atoms with E-state index in [2.05, 4.69) is 20.5 Å². The Balaban J connectivity index is 1.43. The van der Waals surface area contributed by atoms with Gasteiger partial charge in [-0.2, -0.15) is 10.2 Å². The number of aryl methyl sites for hydroxylation is 2. The average Bonchev–Trinajstić information content (AvgIpc) is 3.38. The number of amides is 1. The Bertz CT molecular complexity index is 1500. The van der Waals surface area contributed by atoms with Crippen LogP contribution in [0.25, 0.3) is 16.9 Å². The molecular formula is C26H23ClN6O. The monoisotopic (exact) mass is 470 g/mol. The van der Waals surface area contributed by atoms with E-state index in [0.29, 0.717) is 28.5 Å². The quantitative estimate of drug-likeness (QED) is 0.369. The van der Waals surface area contributed by atoms with E-state index in [1.54, 1.807) is 16.9 Å². The van der Waals surface area contributed by atoms with Gasteiger partial charge in [0.1, 0.15) is 5.56 Å². The van der Waals surface area contributed by atoms with E-state index in [9.17, 15) is 4.79 Å². The lowest BCUT2D eigenvalue weighted by atomic mass is 10.1. The lowest BCUT2D eigenvalue weighted by Crippen LogP contribution is -2.13. The zero-order valence-corrected chi connectivity index (χ0v) is 19.8. The predicted octanol–water partition coefficient (Wildman–Crippen LogP) is 5.47. The highest BCUT2D eigenvalue weighted by Gasteiger charge is 2.20. The van der Waals surface area contributed by atoms with Crippen LogP contribution in [0.4, 0.5) is 5.69 Å². The largest absolute Gasteiger partial charge is 0.319 e. The standard InChI is InChI=1S/C26H23ClN6O/c1-16-4-8-20(9-5-16)23-12-13-28-25-22(14-29-33(23)25)26(34)30-24-17(2)31-32(18(24)3)15-19-6-10-21(27)11-7-19/h4-14H,15H2,1-3H3,(H,30,34). The number of rotatable bonds is 5. The van der Waals surface area contributed by atoms with Gasteiger partial charge in [-0.15, -0.1) is 0 Å². The smallest absolute Gasteiger partial charge is 0.261 e. The Labute approximate surface area is 202 Å². The Kier molecular flexibility index (Phi) is 5.63. The summed E-state index contributed by atoms with van der Waals surface area (Å²) in [5.41, 5.74) is 7.32. The molecule has 0 fully saturated rings. The predicted molar refractivity (Wildman–Crippen MR) is 133 cm³/mol. The number of benzene rings is 2. The number of hydrogen-bond donors (Lipinski definition) is 1. The van der Waals surface area contributed by atoms with E-state index in [1.807, 2.05) is 80.1 Å². The van der Waals surface area contributed by atoms with Gasteiger partial charge in [-0.05, 0) is 44.5 Å². The van der Waals surface area contributed by atoms with Gasteiger partial charge in [0.2, 0.25) is 0 Å². The second-order valence-corrected chi connectivity index (χ2v) is 8.71. The molecule has 0 radical (unpaired) electrons. The highest BCUT2D eigenvalue weighted by atomic mass is 35.5. The van der Waals surface area contributed by atoms with E-state index in [4.69, 9.17) is 11.6 Å². The zero-order valence-electron chi connectivity index (χ0n) is 19.1. The topological polar surface area (TPSA) is 77.1 Å².